The Kier molecular flexibility index (Phi) is 7.83. The number of hydrogen-bond donors (Lipinski definition) is 1. The number of hydrogen-bond acceptors (Lipinski definition) is 6. The Morgan fingerprint density at radius 2 is 1.81 bits per heavy atom. The molecule has 0 heterocycles. The summed E-state index contributed by atoms with van der Waals surface area (Å²) in [5.74, 6) is -0.0262. The van der Waals surface area contributed by atoms with Gasteiger partial charge in [0.1, 0.15) is 0 Å². The summed E-state index contributed by atoms with van der Waals surface area (Å²) in [6.07, 6.45) is 0. The number of nitrogens with two attached hydrogens (primary N) is 1. The fraction of sp³-hybridized carbons (Fsp3) is 0.278. The van der Waals surface area contributed by atoms with E-state index in [4.69, 9.17) is 35.9 Å². The summed E-state index contributed by atoms with van der Waals surface area (Å²) in [5, 5.41) is 0. The first kappa shape index (κ1) is 21.4. The van der Waals surface area contributed by atoms with E-state index >= 15 is 0 Å². The predicted octanol–water partition coefficient (Wildman–Crippen LogP) is 4.68. The van der Waals surface area contributed by atoms with Gasteiger partial charge in [0.25, 0.3) is 0 Å². The van der Waals surface area contributed by atoms with E-state index < -0.39 is 13.7 Å². The SMILES string of the molecule is CCOP(=O)(OCC)OOc1cccc(-c2cc(CCl)ccc2C(N)=O)c1. The van der Waals surface area contributed by atoms with Crippen LogP contribution in [0.1, 0.15) is 29.8 Å². The van der Waals surface area contributed by atoms with Crippen LogP contribution >= 0.6 is 19.4 Å². The smallest absolute Gasteiger partial charge is 0.366 e. The van der Waals surface area contributed by atoms with Crippen LogP contribution in [0.4, 0.5) is 0 Å². The molecule has 2 N–H and O–H groups in total. The van der Waals surface area contributed by atoms with Gasteiger partial charge in [0.15, 0.2) is 5.75 Å². The minimum Gasteiger partial charge on any atom is -0.366 e. The summed E-state index contributed by atoms with van der Waals surface area (Å²) in [4.78, 5) is 16.9. The summed E-state index contributed by atoms with van der Waals surface area (Å²) in [6.45, 7) is 3.58. The summed E-state index contributed by atoms with van der Waals surface area (Å²) in [6, 6.07) is 11.8. The zero-order chi connectivity index (χ0) is 19.9. The van der Waals surface area contributed by atoms with Crippen molar-refractivity contribution >= 4 is 25.3 Å². The number of phosphoric acid groups is 1. The van der Waals surface area contributed by atoms with Gasteiger partial charge in [-0.2, -0.15) is 0 Å². The van der Waals surface area contributed by atoms with Crippen LogP contribution in [-0.4, -0.2) is 19.1 Å². The van der Waals surface area contributed by atoms with E-state index in [9.17, 15) is 9.36 Å². The van der Waals surface area contributed by atoms with Crippen molar-refractivity contribution < 1.29 is 28.0 Å². The second kappa shape index (κ2) is 9.88. The van der Waals surface area contributed by atoms with Crippen molar-refractivity contribution in [1.82, 2.24) is 0 Å². The van der Waals surface area contributed by atoms with E-state index in [0.29, 0.717) is 16.7 Å². The van der Waals surface area contributed by atoms with Gasteiger partial charge in [-0.15, -0.1) is 11.6 Å². The molecule has 0 unspecified atom stereocenters. The highest BCUT2D eigenvalue weighted by atomic mass is 35.5. The molecule has 2 aromatic carbocycles. The number of benzene rings is 2. The molecule has 146 valence electrons. The van der Waals surface area contributed by atoms with Gasteiger partial charge in [-0.1, -0.05) is 22.9 Å². The van der Waals surface area contributed by atoms with Gasteiger partial charge in [-0.25, -0.2) is 4.57 Å². The Labute approximate surface area is 162 Å². The molecule has 2 rings (SSSR count). The number of alkyl halides is 1. The Morgan fingerprint density at radius 1 is 1.11 bits per heavy atom. The van der Waals surface area contributed by atoms with Crippen molar-refractivity contribution in [2.75, 3.05) is 13.2 Å². The number of amides is 1. The monoisotopic (exact) mass is 413 g/mol. The number of primary amides is 1. The van der Waals surface area contributed by atoms with Gasteiger partial charge in [0.05, 0.1) is 13.2 Å². The van der Waals surface area contributed by atoms with E-state index in [1.54, 1.807) is 56.3 Å². The first-order chi connectivity index (χ1) is 12.9. The minimum atomic E-state index is -3.82. The molecular formula is C18H21ClNO6P. The van der Waals surface area contributed by atoms with Crippen LogP contribution in [0.5, 0.6) is 5.75 Å². The second-order valence-corrected chi connectivity index (χ2v) is 7.17. The van der Waals surface area contributed by atoms with Gasteiger partial charge in [-0.3, -0.25) is 13.8 Å². The molecule has 1 amide bonds. The highest BCUT2D eigenvalue weighted by molar-refractivity contribution is 7.48. The lowest BCUT2D eigenvalue weighted by molar-refractivity contribution is -0.131. The molecule has 9 heteroatoms. The zero-order valence-electron chi connectivity index (χ0n) is 15.0. The van der Waals surface area contributed by atoms with Gasteiger partial charge >= 0.3 is 7.82 Å². The first-order valence-electron chi connectivity index (χ1n) is 8.27. The third-order valence-electron chi connectivity index (χ3n) is 3.45. The van der Waals surface area contributed by atoms with E-state index in [-0.39, 0.29) is 24.8 Å². The van der Waals surface area contributed by atoms with Crippen LogP contribution in [0.15, 0.2) is 42.5 Å². The molecule has 0 fully saturated rings. The maximum atomic E-state index is 12.3. The number of rotatable bonds is 10. The van der Waals surface area contributed by atoms with Crippen molar-refractivity contribution in [2.45, 2.75) is 19.7 Å². The molecule has 0 aliphatic heterocycles. The number of halogens is 1. The fourth-order valence-corrected chi connectivity index (χ4v) is 3.47. The summed E-state index contributed by atoms with van der Waals surface area (Å²) in [7, 11) is -3.82. The molecule has 7 nitrogen and oxygen atoms in total. The second-order valence-electron chi connectivity index (χ2n) is 5.35. The lowest BCUT2D eigenvalue weighted by Crippen LogP contribution is -2.12. The maximum Gasteiger partial charge on any atom is 0.510 e. The molecule has 2 aromatic rings. The average Bonchev–Trinajstić information content (AvgIpc) is 2.66. The van der Waals surface area contributed by atoms with Crippen molar-refractivity contribution in [3.8, 4) is 16.9 Å². The lowest BCUT2D eigenvalue weighted by atomic mass is 9.97. The quantitative estimate of drug-likeness (QED) is 0.263. The number of phosphoric ester groups is 1. The molecule has 0 saturated heterocycles. The van der Waals surface area contributed by atoms with Gasteiger partial charge in [-0.05, 0) is 54.8 Å². The minimum absolute atomic E-state index is 0.133. The Bertz CT molecular complexity index is 834. The predicted molar refractivity (Wildman–Crippen MR) is 103 cm³/mol. The van der Waals surface area contributed by atoms with Crippen molar-refractivity contribution in [2.24, 2.45) is 5.73 Å². The Hall–Kier alpha value is -1.89. The highest BCUT2D eigenvalue weighted by Gasteiger charge is 2.28. The standard InChI is InChI=1S/C18H21ClNO6P/c1-3-23-27(22,24-4-2)26-25-15-7-5-6-14(11-15)17-10-13(12-19)8-9-16(17)18(20)21/h5-11H,3-4,12H2,1-2H3,(H2,20,21). The Balaban J connectivity index is 2.30. The molecule has 0 aliphatic carbocycles. The highest BCUT2D eigenvalue weighted by Crippen LogP contribution is 2.49. The zero-order valence-corrected chi connectivity index (χ0v) is 16.7. The molecule has 0 saturated carbocycles. The van der Waals surface area contributed by atoms with Crippen LogP contribution in [-0.2, 0) is 24.2 Å². The van der Waals surface area contributed by atoms with Gasteiger partial charge in [0.2, 0.25) is 5.91 Å². The molecule has 27 heavy (non-hydrogen) atoms. The average molecular weight is 414 g/mol. The van der Waals surface area contributed by atoms with E-state index in [1.807, 2.05) is 0 Å². The summed E-state index contributed by atoms with van der Waals surface area (Å²) in [5.41, 5.74) is 7.89. The lowest BCUT2D eigenvalue weighted by Gasteiger charge is -2.15. The molecular weight excluding hydrogens is 393 g/mol. The summed E-state index contributed by atoms with van der Waals surface area (Å²) >= 11 is 5.89. The van der Waals surface area contributed by atoms with E-state index in [1.165, 1.54) is 0 Å². The molecule has 0 aromatic heterocycles. The number of carbonyl (C=O) groups is 1. The molecule has 0 atom stereocenters. The normalized spacial score (nSPS) is 11.4. The van der Waals surface area contributed by atoms with Crippen molar-refractivity contribution in [3.05, 3.63) is 53.6 Å². The van der Waals surface area contributed by atoms with Crippen LogP contribution in [0, 0.1) is 0 Å². The van der Waals surface area contributed by atoms with Crippen LogP contribution in [0.2, 0.25) is 0 Å². The van der Waals surface area contributed by atoms with Crippen LogP contribution in [0.25, 0.3) is 11.1 Å². The van der Waals surface area contributed by atoms with E-state index in [0.717, 1.165) is 5.56 Å². The van der Waals surface area contributed by atoms with Crippen molar-refractivity contribution in [3.63, 3.8) is 0 Å². The first-order valence-corrected chi connectivity index (χ1v) is 10.3. The van der Waals surface area contributed by atoms with Crippen molar-refractivity contribution in [1.29, 1.82) is 0 Å². The molecule has 0 radical (unpaired) electrons. The van der Waals surface area contributed by atoms with E-state index in [2.05, 4.69) is 0 Å². The molecule has 0 spiro atoms. The molecule has 0 bridgehead atoms. The third-order valence-corrected chi connectivity index (χ3v) is 5.16. The summed E-state index contributed by atoms with van der Waals surface area (Å²) < 4.78 is 27.2. The largest absolute Gasteiger partial charge is 0.510 e. The van der Waals surface area contributed by atoms with Crippen LogP contribution < -0.4 is 10.6 Å². The van der Waals surface area contributed by atoms with Gasteiger partial charge in [0, 0.05) is 11.4 Å². The van der Waals surface area contributed by atoms with Crippen LogP contribution in [0.3, 0.4) is 0 Å². The molecule has 0 aliphatic rings. The van der Waals surface area contributed by atoms with Gasteiger partial charge < -0.3 is 10.6 Å². The third kappa shape index (κ3) is 5.79. The Morgan fingerprint density at radius 3 is 2.41 bits per heavy atom. The number of carbonyl (C=O) groups excluding carboxylic acids is 1. The maximum absolute atomic E-state index is 12.3. The fourth-order valence-electron chi connectivity index (χ4n) is 2.33. The topological polar surface area (TPSA) is 97.1 Å².